The number of aryl methyl sites for hydroxylation is 1. The van der Waals surface area contributed by atoms with E-state index in [2.05, 4.69) is 11.9 Å². The summed E-state index contributed by atoms with van der Waals surface area (Å²) in [6, 6.07) is 9.99. The first-order chi connectivity index (χ1) is 13.0. The number of hydrogen-bond donors (Lipinski definition) is 1. The molecule has 0 spiro atoms. The van der Waals surface area contributed by atoms with Gasteiger partial charge in [-0.3, -0.25) is 9.59 Å². The summed E-state index contributed by atoms with van der Waals surface area (Å²) in [7, 11) is 0. The van der Waals surface area contributed by atoms with Crippen LogP contribution in [0.2, 0.25) is 0 Å². The van der Waals surface area contributed by atoms with E-state index in [0.717, 1.165) is 17.7 Å². The number of hydrogen-bond acceptors (Lipinski definition) is 5. The number of amides is 2. The molecule has 2 amide bonds. The predicted octanol–water partition coefficient (Wildman–Crippen LogP) is 2.94. The summed E-state index contributed by atoms with van der Waals surface area (Å²) in [4.78, 5) is 34.5. The number of benzene rings is 1. The van der Waals surface area contributed by atoms with Gasteiger partial charge in [-0.05, 0) is 18.4 Å². The van der Waals surface area contributed by atoms with Gasteiger partial charge in [0.1, 0.15) is 4.88 Å². The molecule has 1 aromatic heterocycles. The lowest BCUT2D eigenvalue weighted by Crippen LogP contribution is -2.43. The van der Waals surface area contributed by atoms with Crippen LogP contribution in [-0.4, -0.2) is 45.7 Å². The van der Waals surface area contributed by atoms with Gasteiger partial charge in [0.2, 0.25) is 5.91 Å². The van der Waals surface area contributed by atoms with Crippen LogP contribution >= 0.6 is 11.3 Å². The van der Waals surface area contributed by atoms with Crippen LogP contribution in [0.5, 0.6) is 0 Å². The predicted molar refractivity (Wildman–Crippen MR) is 107 cm³/mol. The Balaban J connectivity index is 1.80. The molecule has 6 nitrogen and oxygen atoms in total. The van der Waals surface area contributed by atoms with Crippen LogP contribution in [0.1, 0.15) is 47.6 Å². The van der Waals surface area contributed by atoms with Crippen molar-refractivity contribution in [1.29, 1.82) is 0 Å². The molecule has 0 aliphatic carbocycles. The van der Waals surface area contributed by atoms with Crippen LogP contribution in [0.15, 0.2) is 30.3 Å². The van der Waals surface area contributed by atoms with E-state index in [1.165, 1.54) is 11.3 Å². The molecule has 7 heteroatoms. The lowest BCUT2D eigenvalue weighted by Gasteiger charge is -2.31. The van der Waals surface area contributed by atoms with Crippen molar-refractivity contribution >= 4 is 28.3 Å². The molecule has 1 aliphatic rings. The van der Waals surface area contributed by atoms with Crippen LogP contribution in [0.25, 0.3) is 0 Å². The van der Waals surface area contributed by atoms with Crippen LogP contribution in [-0.2, 0) is 17.8 Å². The first kappa shape index (κ1) is 19.4. The number of thiazole rings is 1. The third-order valence-electron chi connectivity index (χ3n) is 4.99. The molecule has 2 heterocycles. The highest BCUT2D eigenvalue weighted by Gasteiger charge is 2.32. The minimum atomic E-state index is -0.0612. The number of nitrogen functional groups attached to an aromatic ring is 1. The second-order valence-electron chi connectivity index (χ2n) is 6.75. The Morgan fingerprint density at radius 3 is 2.70 bits per heavy atom. The van der Waals surface area contributed by atoms with E-state index >= 15 is 0 Å². The maximum atomic E-state index is 13.1. The minimum Gasteiger partial charge on any atom is -0.375 e. The molecule has 1 aromatic carbocycles. The normalized spacial score (nSPS) is 17.9. The van der Waals surface area contributed by atoms with Gasteiger partial charge in [-0.1, -0.05) is 55.5 Å². The zero-order valence-corrected chi connectivity index (χ0v) is 16.7. The minimum absolute atomic E-state index is 0.000462. The standard InChI is InChI=1S/C20H26N4O2S/c1-3-15-13-23(19(26)18-16(4-2)22-20(21)27-18)11-10-17(25)24(15)12-14-8-6-5-7-9-14/h5-9,15H,3-4,10-13H2,1-2H3,(H2,21,22). The van der Waals surface area contributed by atoms with E-state index in [-0.39, 0.29) is 17.9 Å². The summed E-state index contributed by atoms with van der Waals surface area (Å²) in [5.41, 5.74) is 7.66. The van der Waals surface area contributed by atoms with Gasteiger partial charge in [-0.2, -0.15) is 0 Å². The lowest BCUT2D eigenvalue weighted by molar-refractivity contribution is -0.133. The van der Waals surface area contributed by atoms with E-state index in [9.17, 15) is 9.59 Å². The maximum Gasteiger partial charge on any atom is 0.266 e. The van der Waals surface area contributed by atoms with E-state index in [0.29, 0.717) is 42.5 Å². The Morgan fingerprint density at radius 1 is 1.30 bits per heavy atom. The average Bonchev–Trinajstić information content (AvgIpc) is 2.99. The highest BCUT2D eigenvalue weighted by Crippen LogP contribution is 2.25. The Kier molecular flexibility index (Phi) is 6.11. The van der Waals surface area contributed by atoms with E-state index in [4.69, 9.17) is 5.73 Å². The number of nitrogens with zero attached hydrogens (tertiary/aromatic N) is 3. The number of carbonyl (C=O) groups excluding carboxylic acids is 2. The smallest absolute Gasteiger partial charge is 0.266 e. The summed E-state index contributed by atoms with van der Waals surface area (Å²) < 4.78 is 0. The van der Waals surface area contributed by atoms with E-state index < -0.39 is 0 Å². The molecule has 1 saturated heterocycles. The van der Waals surface area contributed by atoms with Crippen molar-refractivity contribution in [2.75, 3.05) is 18.8 Å². The van der Waals surface area contributed by atoms with E-state index in [1.807, 2.05) is 42.2 Å². The number of carbonyl (C=O) groups is 2. The van der Waals surface area contributed by atoms with Gasteiger partial charge in [0.05, 0.1) is 5.69 Å². The largest absolute Gasteiger partial charge is 0.375 e. The first-order valence-corrected chi connectivity index (χ1v) is 10.2. The van der Waals surface area contributed by atoms with Gasteiger partial charge >= 0.3 is 0 Å². The van der Waals surface area contributed by atoms with Gasteiger partial charge in [-0.15, -0.1) is 0 Å². The van der Waals surface area contributed by atoms with E-state index in [1.54, 1.807) is 4.90 Å². The number of nitrogens with two attached hydrogens (primary N) is 1. The average molecular weight is 387 g/mol. The molecule has 144 valence electrons. The molecule has 1 fully saturated rings. The summed E-state index contributed by atoms with van der Waals surface area (Å²) in [5.74, 6) is 0.0365. The number of anilines is 1. The second kappa shape index (κ2) is 8.52. The van der Waals surface area contributed by atoms with Crippen molar-refractivity contribution in [3.8, 4) is 0 Å². The number of aromatic nitrogens is 1. The van der Waals surface area contributed by atoms with Crippen molar-refractivity contribution in [2.45, 2.75) is 45.7 Å². The topological polar surface area (TPSA) is 79.5 Å². The lowest BCUT2D eigenvalue weighted by atomic mass is 10.1. The second-order valence-corrected chi connectivity index (χ2v) is 7.78. The van der Waals surface area contributed by atoms with Crippen molar-refractivity contribution in [2.24, 2.45) is 0 Å². The zero-order valence-electron chi connectivity index (χ0n) is 15.9. The maximum absolute atomic E-state index is 13.1. The fourth-order valence-corrected chi connectivity index (χ4v) is 4.36. The van der Waals surface area contributed by atoms with Gasteiger partial charge < -0.3 is 15.5 Å². The van der Waals surface area contributed by atoms with Gasteiger partial charge in [0.15, 0.2) is 5.13 Å². The summed E-state index contributed by atoms with van der Waals surface area (Å²) in [6.45, 7) is 5.57. The van der Waals surface area contributed by atoms with Gasteiger partial charge in [0, 0.05) is 32.1 Å². The molecular formula is C20H26N4O2S. The van der Waals surface area contributed by atoms with Gasteiger partial charge in [0.25, 0.3) is 5.91 Å². The molecule has 1 atom stereocenters. The summed E-state index contributed by atoms with van der Waals surface area (Å²) in [5, 5.41) is 0.416. The Morgan fingerprint density at radius 2 is 2.04 bits per heavy atom. The fourth-order valence-electron chi connectivity index (χ4n) is 3.47. The number of rotatable bonds is 5. The molecule has 1 unspecified atom stereocenters. The highest BCUT2D eigenvalue weighted by atomic mass is 32.1. The van der Waals surface area contributed by atoms with Crippen LogP contribution in [0.3, 0.4) is 0 Å². The van der Waals surface area contributed by atoms with Crippen molar-refractivity contribution < 1.29 is 9.59 Å². The third-order valence-corrected chi connectivity index (χ3v) is 5.90. The van der Waals surface area contributed by atoms with Gasteiger partial charge in [-0.25, -0.2) is 4.98 Å². The van der Waals surface area contributed by atoms with Crippen molar-refractivity contribution in [3.63, 3.8) is 0 Å². The Hall–Kier alpha value is -2.41. The van der Waals surface area contributed by atoms with Crippen molar-refractivity contribution in [1.82, 2.24) is 14.8 Å². The molecule has 0 radical (unpaired) electrons. The zero-order chi connectivity index (χ0) is 19.4. The molecule has 2 N–H and O–H groups in total. The quantitative estimate of drug-likeness (QED) is 0.857. The monoisotopic (exact) mass is 386 g/mol. The summed E-state index contributed by atoms with van der Waals surface area (Å²) >= 11 is 1.24. The molecule has 27 heavy (non-hydrogen) atoms. The molecule has 2 aromatic rings. The van der Waals surface area contributed by atoms with Crippen molar-refractivity contribution in [3.05, 3.63) is 46.5 Å². The summed E-state index contributed by atoms with van der Waals surface area (Å²) in [6.07, 6.45) is 1.80. The van der Waals surface area contributed by atoms with Crippen LogP contribution in [0, 0.1) is 0 Å². The third kappa shape index (κ3) is 4.30. The Bertz CT molecular complexity index is 806. The first-order valence-electron chi connectivity index (χ1n) is 9.41. The fraction of sp³-hybridized carbons (Fsp3) is 0.450. The van der Waals surface area contributed by atoms with Crippen LogP contribution in [0.4, 0.5) is 5.13 Å². The molecule has 0 bridgehead atoms. The molecule has 0 saturated carbocycles. The Labute approximate surface area is 164 Å². The SMILES string of the molecule is CCc1nc(N)sc1C(=O)N1CCC(=O)N(Cc2ccccc2)C(CC)C1. The highest BCUT2D eigenvalue weighted by molar-refractivity contribution is 7.17. The van der Waals surface area contributed by atoms with Crippen LogP contribution < -0.4 is 5.73 Å². The molecule has 3 rings (SSSR count). The molecular weight excluding hydrogens is 360 g/mol. The molecule has 1 aliphatic heterocycles.